The van der Waals surface area contributed by atoms with Gasteiger partial charge in [-0.25, -0.2) is 4.39 Å². The van der Waals surface area contributed by atoms with Crippen LogP contribution >= 0.6 is 11.8 Å². The monoisotopic (exact) mass is 241 g/mol. The van der Waals surface area contributed by atoms with Gasteiger partial charge in [-0.3, -0.25) is 0 Å². The third-order valence-electron chi connectivity index (χ3n) is 2.09. The Morgan fingerprint density at radius 3 is 2.69 bits per heavy atom. The fourth-order valence-electron chi connectivity index (χ4n) is 1.34. The molecule has 0 fully saturated rings. The highest BCUT2D eigenvalue weighted by Crippen LogP contribution is 2.23. The molecule has 1 nitrogen and oxygen atoms in total. The van der Waals surface area contributed by atoms with E-state index in [1.165, 1.54) is 0 Å². The van der Waals surface area contributed by atoms with Crippen LogP contribution in [-0.4, -0.2) is 12.3 Å². The average molecular weight is 241 g/mol. The highest BCUT2D eigenvalue weighted by atomic mass is 32.2. The lowest BCUT2D eigenvalue weighted by molar-refractivity contribution is 0.617. The van der Waals surface area contributed by atoms with Gasteiger partial charge < -0.3 is 5.32 Å². The molecule has 0 saturated carbocycles. The van der Waals surface area contributed by atoms with Gasteiger partial charge >= 0.3 is 0 Å². The van der Waals surface area contributed by atoms with Crippen molar-refractivity contribution in [2.75, 3.05) is 12.3 Å². The Hall–Kier alpha value is -0.540. The molecular weight excluding hydrogens is 221 g/mol. The third kappa shape index (κ3) is 4.99. The fraction of sp³-hybridized carbons (Fsp3) is 0.538. The Morgan fingerprint density at radius 1 is 1.31 bits per heavy atom. The van der Waals surface area contributed by atoms with Crippen molar-refractivity contribution in [3.63, 3.8) is 0 Å². The van der Waals surface area contributed by atoms with E-state index in [1.807, 2.05) is 6.92 Å². The van der Waals surface area contributed by atoms with E-state index in [0.29, 0.717) is 5.92 Å². The first-order chi connectivity index (χ1) is 7.61. The predicted octanol–water partition coefficient (Wildman–Crippen LogP) is 3.68. The summed E-state index contributed by atoms with van der Waals surface area (Å²) in [5.41, 5.74) is 1.02. The van der Waals surface area contributed by atoms with Crippen LogP contribution in [0.25, 0.3) is 0 Å². The summed E-state index contributed by atoms with van der Waals surface area (Å²) in [4.78, 5) is 1.03. The molecule has 0 aromatic heterocycles. The van der Waals surface area contributed by atoms with E-state index in [2.05, 4.69) is 25.2 Å². The van der Waals surface area contributed by atoms with Gasteiger partial charge in [-0.2, -0.15) is 0 Å². The van der Waals surface area contributed by atoms with Crippen molar-refractivity contribution in [3.8, 4) is 0 Å². The van der Waals surface area contributed by atoms with Crippen LogP contribution in [0.15, 0.2) is 23.1 Å². The third-order valence-corrected chi connectivity index (χ3v) is 3.50. The number of hydrogen-bond donors (Lipinski definition) is 1. The highest BCUT2D eigenvalue weighted by Gasteiger charge is 2.02. The number of benzene rings is 1. The molecule has 0 saturated heterocycles. The van der Waals surface area contributed by atoms with Gasteiger partial charge in [0.15, 0.2) is 0 Å². The Balaban J connectivity index is 2.65. The summed E-state index contributed by atoms with van der Waals surface area (Å²) < 4.78 is 13.3. The zero-order chi connectivity index (χ0) is 12.0. The molecule has 0 aliphatic heterocycles. The molecule has 1 aromatic rings. The van der Waals surface area contributed by atoms with E-state index in [1.54, 1.807) is 23.9 Å². The topological polar surface area (TPSA) is 12.0 Å². The van der Waals surface area contributed by atoms with Gasteiger partial charge in [-0.1, -0.05) is 20.8 Å². The SMILES string of the molecule is CCNCc1cc(F)cc(SCC(C)C)c1. The minimum absolute atomic E-state index is 0.137. The standard InChI is InChI=1S/C13H20FNS/c1-4-15-8-11-5-12(14)7-13(6-11)16-9-10(2)3/h5-7,10,15H,4,8-9H2,1-3H3. The maximum atomic E-state index is 13.3. The maximum absolute atomic E-state index is 13.3. The summed E-state index contributed by atoms with van der Waals surface area (Å²) in [5, 5.41) is 3.21. The quantitative estimate of drug-likeness (QED) is 0.762. The molecule has 3 heteroatoms. The van der Waals surface area contributed by atoms with Crippen molar-refractivity contribution in [2.45, 2.75) is 32.2 Å². The van der Waals surface area contributed by atoms with Crippen LogP contribution in [0.5, 0.6) is 0 Å². The average Bonchev–Trinajstić information content (AvgIpc) is 2.23. The van der Waals surface area contributed by atoms with E-state index >= 15 is 0 Å². The van der Waals surface area contributed by atoms with Crippen LogP contribution in [-0.2, 0) is 6.54 Å². The second-order valence-electron chi connectivity index (χ2n) is 4.28. The van der Waals surface area contributed by atoms with E-state index in [-0.39, 0.29) is 5.82 Å². The van der Waals surface area contributed by atoms with Crippen LogP contribution in [0.4, 0.5) is 4.39 Å². The number of nitrogens with one attached hydrogen (secondary N) is 1. The number of hydrogen-bond acceptors (Lipinski definition) is 2. The zero-order valence-electron chi connectivity index (χ0n) is 10.2. The zero-order valence-corrected chi connectivity index (χ0v) is 11.0. The van der Waals surface area contributed by atoms with Crippen molar-refractivity contribution in [1.29, 1.82) is 0 Å². The van der Waals surface area contributed by atoms with Crippen LogP contribution in [0.1, 0.15) is 26.3 Å². The Kier molecular flexibility index (Phi) is 5.85. The lowest BCUT2D eigenvalue weighted by Gasteiger charge is -2.08. The van der Waals surface area contributed by atoms with E-state index in [4.69, 9.17) is 0 Å². The normalized spacial score (nSPS) is 11.1. The van der Waals surface area contributed by atoms with E-state index < -0.39 is 0 Å². The largest absolute Gasteiger partial charge is 0.313 e. The van der Waals surface area contributed by atoms with Gasteiger partial charge in [-0.05, 0) is 36.2 Å². The van der Waals surface area contributed by atoms with Gasteiger partial charge in [0, 0.05) is 17.2 Å². The van der Waals surface area contributed by atoms with E-state index in [9.17, 15) is 4.39 Å². The first-order valence-corrected chi connectivity index (χ1v) is 6.73. The predicted molar refractivity (Wildman–Crippen MR) is 69.3 cm³/mol. The van der Waals surface area contributed by atoms with Crippen molar-refractivity contribution in [3.05, 3.63) is 29.6 Å². The molecule has 1 N–H and O–H groups in total. The van der Waals surface area contributed by atoms with Crippen molar-refractivity contribution < 1.29 is 4.39 Å². The summed E-state index contributed by atoms with van der Waals surface area (Å²) >= 11 is 1.72. The summed E-state index contributed by atoms with van der Waals surface area (Å²) in [6, 6.07) is 5.28. The molecule has 0 atom stereocenters. The summed E-state index contributed by atoms with van der Waals surface area (Å²) in [7, 11) is 0. The van der Waals surface area contributed by atoms with Crippen LogP contribution in [0.2, 0.25) is 0 Å². The lowest BCUT2D eigenvalue weighted by Crippen LogP contribution is -2.11. The van der Waals surface area contributed by atoms with Crippen molar-refractivity contribution >= 4 is 11.8 Å². The van der Waals surface area contributed by atoms with E-state index in [0.717, 1.165) is 29.3 Å². The minimum Gasteiger partial charge on any atom is -0.313 e. The minimum atomic E-state index is -0.137. The first-order valence-electron chi connectivity index (χ1n) is 5.74. The molecular formula is C13H20FNS. The summed E-state index contributed by atoms with van der Waals surface area (Å²) in [6.07, 6.45) is 0. The number of halogens is 1. The second-order valence-corrected chi connectivity index (χ2v) is 5.37. The Bertz CT molecular complexity index is 326. The van der Waals surface area contributed by atoms with Crippen molar-refractivity contribution in [1.82, 2.24) is 5.32 Å². The second kappa shape index (κ2) is 6.92. The Morgan fingerprint density at radius 2 is 2.06 bits per heavy atom. The molecule has 0 aliphatic carbocycles. The number of rotatable bonds is 6. The van der Waals surface area contributed by atoms with Gasteiger partial charge in [0.05, 0.1) is 0 Å². The Labute approximate surface area is 102 Å². The maximum Gasteiger partial charge on any atom is 0.124 e. The highest BCUT2D eigenvalue weighted by molar-refractivity contribution is 7.99. The molecule has 1 rings (SSSR count). The van der Waals surface area contributed by atoms with Gasteiger partial charge in [0.25, 0.3) is 0 Å². The molecule has 1 aromatic carbocycles. The molecule has 0 radical (unpaired) electrons. The first kappa shape index (κ1) is 13.5. The van der Waals surface area contributed by atoms with Gasteiger partial charge in [0.2, 0.25) is 0 Å². The summed E-state index contributed by atoms with van der Waals surface area (Å²) in [6.45, 7) is 8.04. The molecule has 0 spiro atoms. The molecule has 90 valence electrons. The molecule has 0 aliphatic rings. The van der Waals surface area contributed by atoms with Crippen molar-refractivity contribution in [2.24, 2.45) is 5.92 Å². The van der Waals surface area contributed by atoms with Crippen LogP contribution in [0, 0.1) is 11.7 Å². The van der Waals surface area contributed by atoms with Gasteiger partial charge in [0.1, 0.15) is 5.82 Å². The van der Waals surface area contributed by atoms with Crippen LogP contribution in [0.3, 0.4) is 0 Å². The molecule has 0 bridgehead atoms. The smallest absolute Gasteiger partial charge is 0.124 e. The molecule has 0 heterocycles. The van der Waals surface area contributed by atoms with Crippen LogP contribution < -0.4 is 5.32 Å². The fourth-order valence-corrected chi connectivity index (χ4v) is 2.29. The molecule has 16 heavy (non-hydrogen) atoms. The molecule has 0 amide bonds. The molecule has 0 unspecified atom stereocenters. The lowest BCUT2D eigenvalue weighted by atomic mass is 10.2. The van der Waals surface area contributed by atoms with Gasteiger partial charge in [-0.15, -0.1) is 11.8 Å². The number of thioether (sulfide) groups is 1. The summed E-state index contributed by atoms with van der Waals surface area (Å²) in [5.74, 6) is 1.52.